The van der Waals surface area contributed by atoms with E-state index < -0.39 is 12.0 Å². The van der Waals surface area contributed by atoms with Crippen LogP contribution < -0.4 is 5.32 Å². The molecular weight excluding hydrogens is 252 g/mol. The highest BCUT2D eigenvalue weighted by Crippen LogP contribution is 2.04. The summed E-state index contributed by atoms with van der Waals surface area (Å²) in [6.07, 6.45) is 4.01. The number of nitrogens with zero attached hydrogens (tertiary/aromatic N) is 1. The molecule has 1 heterocycles. The second kappa shape index (κ2) is 7.71. The van der Waals surface area contributed by atoms with Crippen molar-refractivity contribution in [2.75, 3.05) is 19.1 Å². The summed E-state index contributed by atoms with van der Waals surface area (Å²) in [5.74, 6) is -0.0390. The summed E-state index contributed by atoms with van der Waals surface area (Å²) in [6.45, 7) is 0. The predicted octanol–water partition coefficient (Wildman–Crippen LogP) is 1.11. The number of aromatic nitrogens is 1. The summed E-state index contributed by atoms with van der Waals surface area (Å²) >= 11 is 1.61. The molecular formula is C12H16N2O3S. The maximum atomic E-state index is 11.9. The van der Waals surface area contributed by atoms with Crippen molar-refractivity contribution >= 4 is 23.6 Å². The number of amides is 1. The van der Waals surface area contributed by atoms with Gasteiger partial charge in [0.1, 0.15) is 11.7 Å². The highest BCUT2D eigenvalue weighted by Gasteiger charge is 2.21. The van der Waals surface area contributed by atoms with E-state index in [1.807, 2.05) is 6.26 Å². The van der Waals surface area contributed by atoms with E-state index >= 15 is 0 Å². The molecule has 6 heteroatoms. The third-order valence-corrected chi connectivity index (χ3v) is 2.94. The van der Waals surface area contributed by atoms with E-state index in [4.69, 9.17) is 0 Å². The molecule has 1 N–H and O–H groups in total. The van der Waals surface area contributed by atoms with Crippen LogP contribution in [-0.2, 0) is 9.53 Å². The Kier molecular flexibility index (Phi) is 6.21. The summed E-state index contributed by atoms with van der Waals surface area (Å²) in [4.78, 5) is 27.3. The van der Waals surface area contributed by atoms with Gasteiger partial charge in [-0.05, 0) is 30.6 Å². The largest absolute Gasteiger partial charge is 0.467 e. The number of thioether (sulfide) groups is 1. The number of rotatable bonds is 6. The maximum absolute atomic E-state index is 11.9. The van der Waals surface area contributed by atoms with E-state index in [2.05, 4.69) is 15.0 Å². The first-order valence-electron chi connectivity index (χ1n) is 5.47. The van der Waals surface area contributed by atoms with E-state index in [0.29, 0.717) is 6.42 Å². The van der Waals surface area contributed by atoms with E-state index in [-0.39, 0.29) is 11.6 Å². The fourth-order valence-electron chi connectivity index (χ4n) is 1.36. The number of hydrogen-bond acceptors (Lipinski definition) is 5. The Balaban J connectivity index is 2.65. The molecule has 0 aliphatic carbocycles. The standard InChI is InChI=1S/C12H16N2O3S/c1-17-12(16)10(6-8-18-2)14-11(15)9-5-3-4-7-13-9/h3-5,7,10H,6,8H2,1-2H3,(H,14,15)/t10-/m0/s1. The molecule has 1 amide bonds. The molecule has 0 saturated heterocycles. The normalized spacial score (nSPS) is 11.7. The molecule has 1 rings (SSSR count). The average molecular weight is 268 g/mol. The molecule has 1 aromatic rings. The van der Waals surface area contributed by atoms with Crippen molar-refractivity contribution in [1.29, 1.82) is 0 Å². The lowest BCUT2D eigenvalue weighted by molar-refractivity contribution is -0.142. The lowest BCUT2D eigenvalue weighted by Gasteiger charge is -2.15. The molecule has 0 spiro atoms. The number of ether oxygens (including phenoxy) is 1. The van der Waals surface area contributed by atoms with Gasteiger partial charge in [0.25, 0.3) is 5.91 Å². The fourth-order valence-corrected chi connectivity index (χ4v) is 1.83. The van der Waals surface area contributed by atoms with Crippen molar-refractivity contribution in [3.63, 3.8) is 0 Å². The lowest BCUT2D eigenvalue weighted by Crippen LogP contribution is -2.42. The molecule has 5 nitrogen and oxygen atoms in total. The van der Waals surface area contributed by atoms with Crippen LogP contribution in [0.2, 0.25) is 0 Å². The van der Waals surface area contributed by atoms with Gasteiger partial charge in [0.2, 0.25) is 0 Å². The van der Waals surface area contributed by atoms with Gasteiger partial charge in [0.05, 0.1) is 7.11 Å². The van der Waals surface area contributed by atoms with Gasteiger partial charge in [-0.2, -0.15) is 11.8 Å². The van der Waals surface area contributed by atoms with Gasteiger partial charge in [-0.1, -0.05) is 6.07 Å². The molecule has 0 unspecified atom stereocenters. The van der Waals surface area contributed by atoms with E-state index in [1.54, 1.807) is 30.0 Å². The molecule has 98 valence electrons. The van der Waals surface area contributed by atoms with Crippen molar-refractivity contribution < 1.29 is 14.3 Å². The second-order valence-electron chi connectivity index (χ2n) is 3.55. The summed E-state index contributed by atoms with van der Waals surface area (Å²) in [7, 11) is 1.31. The van der Waals surface area contributed by atoms with Gasteiger partial charge >= 0.3 is 5.97 Å². The summed E-state index contributed by atoms with van der Waals surface area (Å²) < 4.78 is 4.66. The lowest BCUT2D eigenvalue weighted by atomic mass is 10.2. The molecule has 0 bridgehead atoms. The number of carbonyl (C=O) groups excluding carboxylic acids is 2. The zero-order valence-corrected chi connectivity index (χ0v) is 11.2. The molecule has 1 aromatic heterocycles. The molecule has 0 fully saturated rings. The smallest absolute Gasteiger partial charge is 0.328 e. The average Bonchev–Trinajstić information content (AvgIpc) is 2.43. The molecule has 18 heavy (non-hydrogen) atoms. The third-order valence-electron chi connectivity index (χ3n) is 2.30. The number of methoxy groups -OCH3 is 1. The van der Waals surface area contributed by atoms with E-state index in [0.717, 1.165) is 5.75 Å². The Labute approximate surface area is 110 Å². The number of pyridine rings is 1. The summed E-state index contributed by atoms with van der Waals surface area (Å²) in [6, 6.07) is 4.41. The number of hydrogen-bond donors (Lipinski definition) is 1. The Bertz CT molecular complexity index is 398. The minimum atomic E-state index is -0.628. The minimum Gasteiger partial charge on any atom is -0.467 e. The van der Waals surface area contributed by atoms with Crippen LogP contribution in [-0.4, -0.2) is 42.0 Å². The predicted molar refractivity (Wildman–Crippen MR) is 70.5 cm³/mol. The second-order valence-corrected chi connectivity index (χ2v) is 4.53. The van der Waals surface area contributed by atoms with E-state index in [1.165, 1.54) is 13.3 Å². The highest BCUT2D eigenvalue weighted by atomic mass is 32.2. The maximum Gasteiger partial charge on any atom is 0.328 e. The van der Waals surface area contributed by atoms with Gasteiger partial charge < -0.3 is 10.1 Å². The first-order chi connectivity index (χ1) is 8.69. The summed E-state index contributed by atoms with van der Waals surface area (Å²) in [5, 5.41) is 2.63. The molecule has 0 aliphatic heterocycles. The Morgan fingerprint density at radius 2 is 2.28 bits per heavy atom. The van der Waals surface area contributed by atoms with Gasteiger partial charge in [-0.3, -0.25) is 9.78 Å². The first kappa shape index (κ1) is 14.5. The van der Waals surface area contributed by atoms with Crippen molar-refractivity contribution in [2.24, 2.45) is 0 Å². The third kappa shape index (κ3) is 4.37. The van der Waals surface area contributed by atoms with Crippen molar-refractivity contribution in [1.82, 2.24) is 10.3 Å². The monoisotopic (exact) mass is 268 g/mol. The van der Waals surface area contributed by atoms with Crippen LogP contribution in [0.3, 0.4) is 0 Å². The van der Waals surface area contributed by atoms with Crippen LogP contribution in [0.15, 0.2) is 24.4 Å². The Morgan fingerprint density at radius 3 is 2.83 bits per heavy atom. The number of esters is 1. The van der Waals surface area contributed by atoms with Gasteiger partial charge in [-0.25, -0.2) is 4.79 Å². The van der Waals surface area contributed by atoms with Gasteiger partial charge in [-0.15, -0.1) is 0 Å². The molecule has 0 aromatic carbocycles. The number of carbonyl (C=O) groups is 2. The van der Waals surface area contributed by atoms with E-state index in [9.17, 15) is 9.59 Å². The van der Waals surface area contributed by atoms with Crippen LogP contribution in [0, 0.1) is 0 Å². The van der Waals surface area contributed by atoms with Crippen molar-refractivity contribution in [3.8, 4) is 0 Å². The Hall–Kier alpha value is -1.56. The van der Waals surface area contributed by atoms with Crippen LogP contribution >= 0.6 is 11.8 Å². The van der Waals surface area contributed by atoms with Crippen LogP contribution in [0.1, 0.15) is 16.9 Å². The zero-order valence-electron chi connectivity index (χ0n) is 10.4. The highest BCUT2D eigenvalue weighted by molar-refractivity contribution is 7.98. The van der Waals surface area contributed by atoms with Crippen molar-refractivity contribution in [3.05, 3.63) is 30.1 Å². The topological polar surface area (TPSA) is 68.3 Å². The van der Waals surface area contributed by atoms with Crippen LogP contribution in [0.4, 0.5) is 0 Å². The first-order valence-corrected chi connectivity index (χ1v) is 6.87. The Morgan fingerprint density at radius 1 is 1.50 bits per heavy atom. The molecule has 1 atom stereocenters. The fraction of sp³-hybridized carbons (Fsp3) is 0.417. The quantitative estimate of drug-likeness (QED) is 0.783. The zero-order chi connectivity index (χ0) is 13.4. The molecule has 0 saturated carbocycles. The molecule has 0 radical (unpaired) electrons. The minimum absolute atomic E-state index is 0.288. The van der Waals surface area contributed by atoms with Crippen LogP contribution in [0.25, 0.3) is 0 Å². The van der Waals surface area contributed by atoms with Crippen molar-refractivity contribution in [2.45, 2.75) is 12.5 Å². The SMILES string of the molecule is COC(=O)[C@H](CCSC)NC(=O)c1ccccn1. The number of nitrogens with one attached hydrogen (secondary N) is 1. The molecule has 0 aliphatic rings. The summed E-state index contributed by atoms with van der Waals surface area (Å²) in [5.41, 5.74) is 0.288. The van der Waals surface area contributed by atoms with Gasteiger partial charge in [0, 0.05) is 6.20 Å². The van der Waals surface area contributed by atoms with Gasteiger partial charge in [0.15, 0.2) is 0 Å². The van der Waals surface area contributed by atoms with Crippen LogP contribution in [0.5, 0.6) is 0 Å².